The predicted molar refractivity (Wildman–Crippen MR) is 48.3 cm³/mol. The zero-order valence-electron chi connectivity index (χ0n) is 6.52. The summed E-state index contributed by atoms with van der Waals surface area (Å²) in [6, 6.07) is 0. The van der Waals surface area contributed by atoms with Gasteiger partial charge in [0.05, 0.1) is 0 Å². The van der Waals surface area contributed by atoms with Crippen LogP contribution >= 0.6 is 0 Å². The van der Waals surface area contributed by atoms with Crippen molar-refractivity contribution in [2.75, 3.05) is 28.2 Å². The Morgan fingerprint density at radius 1 is 1.30 bits per heavy atom. The van der Waals surface area contributed by atoms with Crippen molar-refractivity contribution in [2.45, 2.75) is 7.43 Å². The normalized spacial score (nSPS) is 8.60. The molecule has 0 heterocycles. The van der Waals surface area contributed by atoms with Crippen molar-refractivity contribution < 1.29 is 0 Å². The number of nitrogens with two attached hydrogens (primary N) is 1. The maximum Gasteiger partial charge on any atom is 0.188 e. The number of aliphatic imine (C=N–C) groups is 1. The molecule has 0 aliphatic heterocycles. The quantitative estimate of drug-likeness (QED) is 0.324. The van der Waals surface area contributed by atoms with Gasteiger partial charge in [0.2, 0.25) is 0 Å². The second kappa shape index (κ2) is 15.7. The number of guanidine groups is 1. The van der Waals surface area contributed by atoms with Crippen LogP contribution < -0.4 is 16.4 Å². The van der Waals surface area contributed by atoms with Gasteiger partial charge in [-0.25, -0.2) is 0 Å². The summed E-state index contributed by atoms with van der Waals surface area (Å²) in [7, 11) is 7.11. The third-order valence-corrected chi connectivity index (χ3v) is 0.497. The van der Waals surface area contributed by atoms with Gasteiger partial charge < -0.3 is 16.4 Å². The summed E-state index contributed by atoms with van der Waals surface area (Å²) in [6.07, 6.45) is 0. The van der Waals surface area contributed by atoms with Crippen molar-refractivity contribution in [3.63, 3.8) is 0 Å². The highest BCUT2D eigenvalue weighted by atomic mass is 15.1. The van der Waals surface area contributed by atoms with E-state index in [4.69, 9.17) is 5.73 Å². The minimum Gasteiger partial charge on any atom is -0.370 e. The fourth-order valence-corrected chi connectivity index (χ4v) is 0.112. The summed E-state index contributed by atoms with van der Waals surface area (Å²) in [4.78, 5) is 3.59. The van der Waals surface area contributed by atoms with Crippen molar-refractivity contribution in [3.8, 4) is 0 Å². The van der Waals surface area contributed by atoms with Gasteiger partial charge in [-0.2, -0.15) is 0 Å². The molecule has 0 bridgehead atoms. The molecule has 0 aromatic heterocycles. The SMILES string of the molecule is C.CN=C(N)NC.CNC. The smallest absolute Gasteiger partial charge is 0.188 e. The van der Waals surface area contributed by atoms with E-state index in [1.165, 1.54) is 0 Å². The topological polar surface area (TPSA) is 62.4 Å². The molecular formula is C6H20N4. The highest BCUT2D eigenvalue weighted by molar-refractivity contribution is 5.77. The van der Waals surface area contributed by atoms with Crippen molar-refractivity contribution in [1.29, 1.82) is 0 Å². The minimum atomic E-state index is 0. The highest BCUT2D eigenvalue weighted by Gasteiger charge is 1.71. The largest absolute Gasteiger partial charge is 0.370 e. The van der Waals surface area contributed by atoms with Crippen LogP contribution in [-0.4, -0.2) is 34.2 Å². The Morgan fingerprint density at radius 2 is 1.60 bits per heavy atom. The lowest BCUT2D eigenvalue weighted by Crippen LogP contribution is -2.27. The van der Waals surface area contributed by atoms with E-state index in [9.17, 15) is 0 Å². The first-order valence-corrected chi connectivity index (χ1v) is 2.71. The number of nitrogens with one attached hydrogen (secondary N) is 2. The lowest BCUT2D eigenvalue weighted by molar-refractivity contribution is 1.02. The third kappa shape index (κ3) is 26.9. The Balaban J connectivity index is -0.000000107. The molecule has 4 heteroatoms. The molecule has 0 aromatic carbocycles. The van der Waals surface area contributed by atoms with E-state index in [0.717, 1.165) is 0 Å². The summed E-state index contributed by atoms with van der Waals surface area (Å²) in [6.45, 7) is 0. The Morgan fingerprint density at radius 3 is 1.60 bits per heavy atom. The summed E-state index contributed by atoms with van der Waals surface area (Å²) < 4.78 is 0. The van der Waals surface area contributed by atoms with Crippen molar-refractivity contribution in [3.05, 3.63) is 0 Å². The molecular weight excluding hydrogens is 128 g/mol. The summed E-state index contributed by atoms with van der Waals surface area (Å²) in [5.41, 5.74) is 5.11. The molecule has 64 valence electrons. The van der Waals surface area contributed by atoms with Crippen LogP contribution in [-0.2, 0) is 0 Å². The van der Waals surface area contributed by atoms with Gasteiger partial charge >= 0.3 is 0 Å². The first-order chi connectivity index (χ1) is 4.22. The van der Waals surface area contributed by atoms with E-state index >= 15 is 0 Å². The Kier molecular flexibility index (Phi) is 25.3. The first kappa shape index (κ1) is 16.1. The standard InChI is InChI=1S/C3H9N3.C2H7N.CH4/c1-5-3(4)6-2;1-3-2;/h1-2H3,(H3,4,5,6);3H,1-2H3;1H4. The lowest BCUT2D eigenvalue weighted by atomic mass is 11.0. The van der Waals surface area contributed by atoms with Crippen LogP contribution in [0.25, 0.3) is 0 Å². The molecule has 0 aliphatic carbocycles. The zero-order valence-corrected chi connectivity index (χ0v) is 6.52. The number of nitrogens with zero attached hydrogens (tertiary/aromatic N) is 1. The van der Waals surface area contributed by atoms with Gasteiger partial charge in [-0.05, 0) is 14.1 Å². The van der Waals surface area contributed by atoms with Crippen LogP contribution in [0.5, 0.6) is 0 Å². The summed E-state index contributed by atoms with van der Waals surface area (Å²) in [5.74, 6) is 0.468. The van der Waals surface area contributed by atoms with E-state index in [0.29, 0.717) is 5.96 Å². The minimum absolute atomic E-state index is 0. The fraction of sp³-hybridized carbons (Fsp3) is 0.833. The average Bonchev–Trinajstić information content (AvgIpc) is 1.88. The summed E-state index contributed by atoms with van der Waals surface area (Å²) in [5, 5.41) is 5.39. The van der Waals surface area contributed by atoms with Crippen molar-refractivity contribution in [1.82, 2.24) is 10.6 Å². The van der Waals surface area contributed by atoms with Crippen LogP contribution in [0, 0.1) is 0 Å². The van der Waals surface area contributed by atoms with Crippen LogP contribution in [0.4, 0.5) is 0 Å². The maximum atomic E-state index is 5.11. The van der Waals surface area contributed by atoms with Crippen LogP contribution in [0.15, 0.2) is 4.99 Å². The molecule has 0 rings (SSSR count). The van der Waals surface area contributed by atoms with E-state index in [-0.39, 0.29) is 7.43 Å². The van der Waals surface area contributed by atoms with Crippen LogP contribution in [0.2, 0.25) is 0 Å². The third-order valence-electron chi connectivity index (χ3n) is 0.497. The fourth-order valence-electron chi connectivity index (χ4n) is 0.112. The van der Waals surface area contributed by atoms with E-state index in [1.54, 1.807) is 14.1 Å². The second-order valence-corrected chi connectivity index (χ2v) is 1.36. The van der Waals surface area contributed by atoms with Crippen molar-refractivity contribution in [2.24, 2.45) is 10.7 Å². The molecule has 0 spiro atoms. The molecule has 0 saturated carbocycles. The Labute approximate surface area is 63.9 Å². The van der Waals surface area contributed by atoms with Gasteiger partial charge in [0.15, 0.2) is 5.96 Å². The Hall–Kier alpha value is -0.770. The molecule has 0 amide bonds. The number of hydrogen-bond donors (Lipinski definition) is 3. The van der Waals surface area contributed by atoms with Crippen LogP contribution in [0.3, 0.4) is 0 Å². The van der Waals surface area contributed by atoms with E-state index in [2.05, 4.69) is 15.6 Å². The summed E-state index contributed by atoms with van der Waals surface area (Å²) >= 11 is 0. The number of rotatable bonds is 0. The van der Waals surface area contributed by atoms with Gasteiger partial charge in [0.1, 0.15) is 0 Å². The first-order valence-electron chi connectivity index (χ1n) is 2.71. The molecule has 0 aromatic rings. The molecule has 0 saturated heterocycles. The van der Waals surface area contributed by atoms with E-state index < -0.39 is 0 Å². The monoisotopic (exact) mass is 148 g/mol. The molecule has 4 N–H and O–H groups in total. The molecule has 4 nitrogen and oxygen atoms in total. The molecule has 0 atom stereocenters. The van der Waals surface area contributed by atoms with Crippen LogP contribution in [0.1, 0.15) is 7.43 Å². The molecule has 0 radical (unpaired) electrons. The predicted octanol–water partition coefficient (Wildman–Crippen LogP) is -0.378. The van der Waals surface area contributed by atoms with Gasteiger partial charge in [0, 0.05) is 14.1 Å². The van der Waals surface area contributed by atoms with Gasteiger partial charge in [-0.1, -0.05) is 7.43 Å². The van der Waals surface area contributed by atoms with Gasteiger partial charge in [-0.15, -0.1) is 0 Å². The molecule has 10 heavy (non-hydrogen) atoms. The van der Waals surface area contributed by atoms with Gasteiger partial charge in [0.25, 0.3) is 0 Å². The van der Waals surface area contributed by atoms with E-state index in [1.807, 2.05) is 14.1 Å². The highest BCUT2D eigenvalue weighted by Crippen LogP contribution is 1.48. The maximum absolute atomic E-state index is 5.11. The molecule has 0 unspecified atom stereocenters. The lowest BCUT2D eigenvalue weighted by Gasteiger charge is -1.90. The second-order valence-electron chi connectivity index (χ2n) is 1.36. The molecule has 0 aliphatic rings. The molecule has 0 fully saturated rings. The Bertz CT molecular complexity index is 70.1. The zero-order chi connectivity index (χ0) is 7.70. The van der Waals surface area contributed by atoms with Crippen molar-refractivity contribution >= 4 is 5.96 Å². The van der Waals surface area contributed by atoms with Gasteiger partial charge in [-0.3, -0.25) is 4.99 Å². The number of hydrogen-bond acceptors (Lipinski definition) is 2. The average molecular weight is 148 g/mol.